The zero-order chi connectivity index (χ0) is 9.52. The third-order valence-corrected chi connectivity index (χ3v) is 3.12. The molecule has 0 spiro atoms. The van der Waals surface area contributed by atoms with E-state index in [1.54, 1.807) is 0 Å². The Labute approximate surface area is 85.0 Å². The van der Waals surface area contributed by atoms with E-state index in [0.29, 0.717) is 0 Å². The van der Waals surface area contributed by atoms with Gasteiger partial charge in [-0.1, -0.05) is 6.92 Å². The van der Waals surface area contributed by atoms with Gasteiger partial charge in [0.05, 0.1) is 13.1 Å². The van der Waals surface area contributed by atoms with Crippen molar-refractivity contribution >= 4 is 11.8 Å². The highest BCUT2D eigenvalue weighted by atomic mass is 32.2. The van der Waals surface area contributed by atoms with Crippen LogP contribution in [0.5, 0.6) is 0 Å². The first-order valence-electron chi connectivity index (χ1n) is 4.99. The van der Waals surface area contributed by atoms with Crippen LogP contribution in [0, 0.1) is 0 Å². The second kappa shape index (κ2) is 6.08. The molecule has 0 aliphatic carbocycles. The van der Waals surface area contributed by atoms with Crippen molar-refractivity contribution in [3.63, 3.8) is 0 Å². The fourth-order valence-corrected chi connectivity index (χ4v) is 2.01. The van der Waals surface area contributed by atoms with Crippen molar-refractivity contribution in [3.05, 3.63) is 18.7 Å². The summed E-state index contributed by atoms with van der Waals surface area (Å²) in [6, 6.07) is 0. The molecule has 1 aromatic rings. The maximum atomic E-state index is 2.26. The predicted molar refractivity (Wildman–Crippen MR) is 57.9 cm³/mol. The molecule has 0 aliphatic rings. The Balaban J connectivity index is 2.20. The third kappa shape index (κ3) is 3.85. The number of thioether (sulfide) groups is 1. The largest absolute Gasteiger partial charge is 0.243 e. The third-order valence-electron chi connectivity index (χ3n) is 1.95. The summed E-state index contributed by atoms with van der Waals surface area (Å²) < 4.78 is 4.46. The standard InChI is InChI=1S/C10H19N2S/c1-3-8-13-9-7-12-6-5-11(4-2)10-12/h5-6,10H,3-4,7-9H2,1-2H3/q+1. The quantitative estimate of drug-likeness (QED) is 0.502. The molecule has 0 saturated heterocycles. The summed E-state index contributed by atoms with van der Waals surface area (Å²) >= 11 is 2.03. The number of aromatic nitrogens is 2. The van der Waals surface area contributed by atoms with Crippen LogP contribution in [0.15, 0.2) is 18.7 Å². The van der Waals surface area contributed by atoms with Crippen LogP contribution in [0.4, 0.5) is 0 Å². The minimum atomic E-state index is 1.06. The summed E-state index contributed by atoms with van der Waals surface area (Å²) in [5, 5.41) is 0. The van der Waals surface area contributed by atoms with Crippen molar-refractivity contribution in [1.82, 2.24) is 4.57 Å². The molecule has 74 valence electrons. The Morgan fingerprint density at radius 3 is 2.77 bits per heavy atom. The Morgan fingerprint density at radius 2 is 2.15 bits per heavy atom. The molecule has 3 heteroatoms. The summed E-state index contributed by atoms with van der Waals surface area (Å²) in [4.78, 5) is 0. The molecule has 0 atom stereocenters. The van der Waals surface area contributed by atoms with Crippen LogP contribution < -0.4 is 4.57 Å². The molecule has 1 aromatic heterocycles. The highest BCUT2D eigenvalue weighted by Crippen LogP contribution is 2.00. The minimum absolute atomic E-state index is 1.06. The molecule has 13 heavy (non-hydrogen) atoms. The first-order chi connectivity index (χ1) is 6.36. The smallest absolute Gasteiger partial charge is 0.237 e. The van der Waals surface area contributed by atoms with Gasteiger partial charge in [0.25, 0.3) is 0 Å². The van der Waals surface area contributed by atoms with Crippen molar-refractivity contribution < 1.29 is 4.57 Å². The number of rotatable bonds is 6. The van der Waals surface area contributed by atoms with Gasteiger partial charge in [-0.2, -0.15) is 11.8 Å². The van der Waals surface area contributed by atoms with Crippen LogP contribution in [0.2, 0.25) is 0 Å². The van der Waals surface area contributed by atoms with E-state index >= 15 is 0 Å². The normalized spacial score (nSPS) is 10.6. The van der Waals surface area contributed by atoms with E-state index in [9.17, 15) is 0 Å². The summed E-state index contributed by atoms with van der Waals surface area (Å²) in [6.45, 7) is 6.59. The Hall–Kier alpha value is -0.440. The van der Waals surface area contributed by atoms with Gasteiger partial charge in [-0.25, -0.2) is 9.13 Å². The van der Waals surface area contributed by atoms with E-state index in [4.69, 9.17) is 0 Å². The van der Waals surface area contributed by atoms with Crippen LogP contribution in [0.25, 0.3) is 0 Å². The number of imidazole rings is 1. The lowest BCUT2D eigenvalue weighted by Gasteiger charge is -1.96. The lowest BCUT2D eigenvalue weighted by molar-refractivity contribution is -0.691. The maximum Gasteiger partial charge on any atom is 0.243 e. The second-order valence-electron chi connectivity index (χ2n) is 3.09. The van der Waals surface area contributed by atoms with E-state index in [0.717, 1.165) is 13.1 Å². The highest BCUT2D eigenvalue weighted by Gasteiger charge is 2.00. The van der Waals surface area contributed by atoms with Crippen molar-refractivity contribution in [2.75, 3.05) is 11.5 Å². The van der Waals surface area contributed by atoms with Crippen LogP contribution in [0.3, 0.4) is 0 Å². The van der Waals surface area contributed by atoms with Gasteiger partial charge >= 0.3 is 0 Å². The van der Waals surface area contributed by atoms with Gasteiger partial charge in [0.1, 0.15) is 12.4 Å². The van der Waals surface area contributed by atoms with Crippen molar-refractivity contribution in [2.24, 2.45) is 0 Å². The number of hydrogen-bond acceptors (Lipinski definition) is 1. The first kappa shape index (κ1) is 10.6. The van der Waals surface area contributed by atoms with Gasteiger partial charge in [0.15, 0.2) is 0 Å². The first-order valence-corrected chi connectivity index (χ1v) is 6.14. The topological polar surface area (TPSA) is 8.81 Å². The Morgan fingerprint density at radius 1 is 1.31 bits per heavy atom. The lowest BCUT2D eigenvalue weighted by Crippen LogP contribution is -2.32. The monoisotopic (exact) mass is 199 g/mol. The van der Waals surface area contributed by atoms with E-state index in [1.165, 1.54) is 17.9 Å². The van der Waals surface area contributed by atoms with Gasteiger partial charge in [-0.15, -0.1) is 0 Å². The zero-order valence-corrected chi connectivity index (χ0v) is 9.39. The van der Waals surface area contributed by atoms with Crippen LogP contribution >= 0.6 is 11.8 Å². The highest BCUT2D eigenvalue weighted by molar-refractivity contribution is 7.99. The predicted octanol–water partition coefficient (Wildman–Crippen LogP) is 1.94. The van der Waals surface area contributed by atoms with Crippen LogP contribution in [0.1, 0.15) is 20.3 Å². The number of nitrogens with zero attached hydrogens (tertiary/aromatic N) is 2. The molecule has 0 unspecified atom stereocenters. The SMILES string of the molecule is CCCSCC[n+]1ccn(CC)c1. The summed E-state index contributed by atoms with van der Waals surface area (Å²) in [5.41, 5.74) is 0. The molecule has 2 nitrogen and oxygen atoms in total. The molecule has 0 amide bonds. The van der Waals surface area contributed by atoms with E-state index in [-0.39, 0.29) is 0 Å². The van der Waals surface area contributed by atoms with Gasteiger partial charge in [-0.05, 0) is 19.1 Å². The molecular formula is C10H19N2S+. The van der Waals surface area contributed by atoms with Gasteiger partial charge in [-0.3, -0.25) is 0 Å². The molecule has 0 saturated carbocycles. The molecule has 1 heterocycles. The lowest BCUT2D eigenvalue weighted by atomic mass is 10.6. The Kier molecular flexibility index (Phi) is 4.98. The summed E-state index contributed by atoms with van der Waals surface area (Å²) in [5.74, 6) is 2.52. The van der Waals surface area contributed by atoms with Crippen LogP contribution in [-0.2, 0) is 13.1 Å². The van der Waals surface area contributed by atoms with Crippen molar-refractivity contribution in [3.8, 4) is 0 Å². The van der Waals surface area contributed by atoms with E-state index in [1.807, 2.05) is 11.8 Å². The maximum absolute atomic E-state index is 2.26. The van der Waals surface area contributed by atoms with Crippen molar-refractivity contribution in [2.45, 2.75) is 33.4 Å². The average Bonchev–Trinajstić information content (AvgIpc) is 2.60. The van der Waals surface area contributed by atoms with E-state index in [2.05, 4.69) is 41.7 Å². The van der Waals surface area contributed by atoms with Gasteiger partial charge in [0, 0.05) is 5.75 Å². The van der Waals surface area contributed by atoms with E-state index < -0.39 is 0 Å². The average molecular weight is 199 g/mol. The van der Waals surface area contributed by atoms with Crippen LogP contribution in [-0.4, -0.2) is 16.1 Å². The molecule has 0 bridgehead atoms. The van der Waals surface area contributed by atoms with Crippen molar-refractivity contribution in [1.29, 1.82) is 0 Å². The number of hydrogen-bond donors (Lipinski definition) is 0. The van der Waals surface area contributed by atoms with Gasteiger partial charge in [0.2, 0.25) is 6.33 Å². The number of aryl methyl sites for hydroxylation is 2. The van der Waals surface area contributed by atoms with Gasteiger partial charge < -0.3 is 0 Å². The molecule has 0 radical (unpaired) electrons. The fourth-order valence-electron chi connectivity index (χ4n) is 1.17. The zero-order valence-electron chi connectivity index (χ0n) is 8.57. The minimum Gasteiger partial charge on any atom is -0.237 e. The molecule has 0 N–H and O–H groups in total. The molecular weight excluding hydrogens is 180 g/mol. The molecule has 0 fully saturated rings. The molecule has 0 aromatic carbocycles. The molecule has 0 aliphatic heterocycles. The fraction of sp³-hybridized carbons (Fsp3) is 0.700. The molecule has 1 rings (SSSR count). The second-order valence-corrected chi connectivity index (χ2v) is 4.32. The Bertz CT molecular complexity index is 233. The summed E-state index contributed by atoms with van der Waals surface area (Å²) in [7, 11) is 0. The summed E-state index contributed by atoms with van der Waals surface area (Å²) in [6.07, 6.45) is 7.73.